The lowest BCUT2D eigenvalue weighted by Crippen LogP contribution is -2.42. The second-order valence-corrected chi connectivity index (χ2v) is 5.60. The monoisotopic (exact) mass is 304 g/mol. The van der Waals surface area contributed by atoms with Gasteiger partial charge in [-0.3, -0.25) is 9.59 Å². The number of hydrogen-bond donors (Lipinski definition) is 0. The minimum absolute atomic E-state index is 0.0212. The van der Waals surface area contributed by atoms with Crippen molar-refractivity contribution in [3.63, 3.8) is 0 Å². The fourth-order valence-electron chi connectivity index (χ4n) is 2.70. The normalized spacial score (nSPS) is 15.1. The predicted molar refractivity (Wildman–Crippen MR) is 86.1 cm³/mol. The number of anilines is 1. The summed E-state index contributed by atoms with van der Waals surface area (Å²) in [5, 5.41) is 0. The second kappa shape index (κ2) is 7.82. The highest BCUT2D eigenvalue weighted by Crippen LogP contribution is 2.20. The first-order chi connectivity index (χ1) is 10.6. The molecule has 22 heavy (non-hydrogen) atoms. The van der Waals surface area contributed by atoms with Gasteiger partial charge < -0.3 is 14.5 Å². The van der Waals surface area contributed by atoms with Crippen molar-refractivity contribution in [1.29, 1.82) is 0 Å². The number of amides is 2. The van der Waals surface area contributed by atoms with Crippen molar-refractivity contribution in [3.05, 3.63) is 24.3 Å². The molecule has 2 amide bonds. The third-order valence-electron chi connectivity index (χ3n) is 4.02. The molecule has 1 fully saturated rings. The Morgan fingerprint density at radius 1 is 1.09 bits per heavy atom. The molecule has 2 rings (SSSR count). The molecule has 1 saturated heterocycles. The van der Waals surface area contributed by atoms with E-state index in [-0.39, 0.29) is 18.4 Å². The number of carbonyl (C=O) groups is 2. The number of rotatable bonds is 4. The van der Waals surface area contributed by atoms with Gasteiger partial charge in [-0.2, -0.15) is 0 Å². The maximum Gasteiger partial charge on any atom is 0.242 e. The van der Waals surface area contributed by atoms with Crippen molar-refractivity contribution in [2.45, 2.75) is 32.6 Å². The van der Waals surface area contributed by atoms with E-state index in [1.165, 1.54) is 24.7 Å². The number of carbonyl (C=O) groups excluding carboxylic acids is 2. The lowest BCUT2D eigenvalue weighted by atomic mass is 10.2. The first kappa shape index (κ1) is 16.3. The van der Waals surface area contributed by atoms with E-state index in [2.05, 4.69) is 0 Å². The number of hydrogen-bond acceptors (Lipinski definition) is 3. The Balaban J connectivity index is 2.07. The second-order valence-electron chi connectivity index (χ2n) is 5.60. The van der Waals surface area contributed by atoms with Gasteiger partial charge in [-0.1, -0.05) is 12.8 Å². The van der Waals surface area contributed by atoms with Crippen LogP contribution >= 0.6 is 0 Å². The summed E-state index contributed by atoms with van der Waals surface area (Å²) in [5.74, 6) is 0.618. The number of ether oxygens (including phenoxy) is 1. The van der Waals surface area contributed by atoms with Gasteiger partial charge in [0.15, 0.2) is 0 Å². The Kier molecular flexibility index (Phi) is 5.81. The summed E-state index contributed by atoms with van der Waals surface area (Å²) in [6.07, 6.45) is 4.46. The molecule has 120 valence electrons. The molecule has 1 aromatic rings. The Morgan fingerprint density at radius 3 is 2.18 bits per heavy atom. The van der Waals surface area contributed by atoms with Gasteiger partial charge in [0, 0.05) is 25.7 Å². The molecule has 1 heterocycles. The number of likely N-dealkylation sites (tertiary alicyclic amines) is 1. The van der Waals surface area contributed by atoms with Gasteiger partial charge >= 0.3 is 0 Å². The summed E-state index contributed by atoms with van der Waals surface area (Å²) in [4.78, 5) is 27.8. The molecule has 0 atom stereocenters. The van der Waals surface area contributed by atoms with Gasteiger partial charge in [-0.15, -0.1) is 0 Å². The molecule has 1 aromatic carbocycles. The molecular formula is C17H24N2O3. The van der Waals surface area contributed by atoms with Crippen LogP contribution < -0.4 is 9.64 Å². The maximum absolute atomic E-state index is 12.5. The van der Waals surface area contributed by atoms with Gasteiger partial charge in [-0.05, 0) is 37.1 Å². The van der Waals surface area contributed by atoms with Crippen LogP contribution in [0.15, 0.2) is 24.3 Å². The van der Waals surface area contributed by atoms with Crippen molar-refractivity contribution in [2.24, 2.45) is 0 Å². The Bertz CT molecular complexity index is 505. The zero-order valence-electron chi connectivity index (χ0n) is 13.4. The van der Waals surface area contributed by atoms with Crippen molar-refractivity contribution in [2.75, 3.05) is 31.6 Å². The van der Waals surface area contributed by atoms with Gasteiger partial charge in [-0.25, -0.2) is 0 Å². The van der Waals surface area contributed by atoms with E-state index in [1.807, 2.05) is 4.90 Å². The molecule has 5 heteroatoms. The third kappa shape index (κ3) is 4.23. The van der Waals surface area contributed by atoms with E-state index in [4.69, 9.17) is 4.74 Å². The summed E-state index contributed by atoms with van der Waals surface area (Å²) in [6.45, 7) is 3.18. The first-order valence-corrected chi connectivity index (χ1v) is 7.82. The fourth-order valence-corrected chi connectivity index (χ4v) is 2.70. The molecule has 0 radical (unpaired) electrons. The zero-order valence-corrected chi connectivity index (χ0v) is 13.4. The van der Waals surface area contributed by atoms with E-state index in [0.717, 1.165) is 37.4 Å². The summed E-state index contributed by atoms with van der Waals surface area (Å²) in [6, 6.07) is 7.19. The van der Waals surface area contributed by atoms with Crippen molar-refractivity contribution in [3.8, 4) is 5.75 Å². The topological polar surface area (TPSA) is 49.9 Å². The number of nitrogens with zero attached hydrogens (tertiary/aromatic N) is 2. The smallest absolute Gasteiger partial charge is 0.242 e. The average Bonchev–Trinajstić information content (AvgIpc) is 2.81. The molecule has 0 unspecified atom stereocenters. The Hall–Kier alpha value is -2.04. The standard InChI is InChI=1S/C17H24N2O3/c1-14(20)19(15-7-9-16(22-2)10-8-15)13-17(21)18-11-5-3-4-6-12-18/h7-10H,3-6,11-13H2,1-2H3. The van der Waals surface area contributed by atoms with Crippen LogP contribution in [0.5, 0.6) is 5.75 Å². The van der Waals surface area contributed by atoms with E-state index in [0.29, 0.717) is 0 Å². The minimum atomic E-state index is -0.131. The van der Waals surface area contributed by atoms with Crippen LogP contribution in [0.3, 0.4) is 0 Å². The average molecular weight is 304 g/mol. The largest absolute Gasteiger partial charge is 0.497 e. The molecule has 0 aliphatic carbocycles. The van der Waals surface area contributed by atoms with Crippen LogP contribution in [0, 0.1) is 0 Å². The highest BCUT2D eigenvalue weighted by molar-refractivity contribution is 5.97. The summed E-state index contributed by atoms with van der Waals surface area (Å²) < 4.78 is 5.12. The molecule has 1 aliphatic rings. The molecule has 0 saturated carbocycles. The summed E-state index contributed by atoms with van der Waals surface area (Å²) >= 11 is 0. The third-order valence-corrected chi connectivity index (χ3v) is 4.02. The molecule has 5 nitrogen and oxygen atoms in total. The predicted octanol–water partition coefficient (Wildman–Crippen LogP) is 2.45. The van der Waals surface area contributed by atoms with Crippen LogP contribution in [0.2, 0.25) is 0 Å². The number of methoxy groups -OCH3 is 1. The minimum Gasteiger partial charge on any atom is -0.497 e. The van der Waals surface area contributed by atoms with E-state index >= 15 is 0 Å². The molecule has 0 aromatic heterocycles. The zero-order chi connectivity index (χ0) is 15.9. The maximum atomic E-state index is 12.5. The first-order valence-electron chi connectivity index (χ1n) is 7.82. The van der Waals surface area contributed by atoms with Crippen LogP contribution in [0.4, 0.5) is 5.69 Å². The van der Waals surface area contributed by atoms with Crippen molar-refractivity contribution >= 4 is 17.5 Å². The summed E-state index contributed by atoms with van der Waals surface area (Å²) in [5.41, 5.74) is 0.719. The molecule has 0 N–H and O–H groups in total. The van der Waals surface area contributed by atoms with Crippen LogP contribution in [-0.2, 0) is 9.59 Å². The number of benzene rings is 1. The van der Waals surface area contributed by atoms with Crippen LogP contribution in [-0.4, -0.2) is 43.5 Å². The highest BCUT2D eigenvalue weighted by Gasteiger charge is 2.21. The Labute approximate surface area is 131 Å². The van der Waals surface area contributed by atoms with Gasteiger partial charge in [0.2, 0.25) is 11.8 Å². The van der Waals surface area contributed by atoms with Crippen LogP contribution in [0.25, 0.3) is 0 Å². The van der Waals surface area contributed by atoms with Gasteiger partial charge in [0.25, 0.3) is 0 Å². The van der Waals surface area contributed by atoms with Crippen LogP contribution in [0.1, 0.15) is 32.6 Å². The molecule has 1 aliphatic heterocycles. The fraction of sp³-hybridized carbons (Fsp3) is 0.529. The SMILES string of the molecule is COc1ccc(N(CC(=O)N2CCCCCC2)C(C)=O)cc1. The summed E-state index contributed by atoms with van der Waals surface area (Å²) in [7, 11) is 1.60. The molecule has 0 bridgehead atoms. The quantitative estimate of drug-likeness (QED) is 0.858. The van der Waals surface area contributed by atoms with E-state index in [1.54, 1.807) is 31.4 Å². The lowest BCUT2D eigenvalue weighted by Gasteiger charge is -2.26. The van der Waals surface area contributed by atoms with Gasteiger partial charge in [0.05, 0.1) is 7.11 Å². The van der Waals surface area contributed by atoms with Gasteiger partial charge in [0.1, 0.15) is 12.3 Å². The molecule has 0 spiro atoms. The van der Waals surface area contributed by atoms with E-state index < -0.39 is 0 Å². The lowest BCUT2D eigenvalue weighted by molar-refractivity contribution is -0.131. The van der Waals surface area contributed by atoms with Crippen molar-refractivity contribution < 1.29 is 14.3 Å². The highest BCUT2D eigenvalue weighted by atomic mass is 16.5. The Morgan fingerprint density at radius 2 is 1.68 bits per heavy atom. The molecular weight excluding hydrogens is 280 g/mol. The van der Waals surface area contributed by atoms with Crippen molar-refractivity contribution in [1.82, 2.24) is 4.90 Å². The van der Waals surface area contributed by atoms with E-state index in [9.17, 15) is 9.59 Å².